The molecule has 0 radical (unpaired) electrons. The van der Waals surface area contributed by atoms with E-state index >= 15 is 0 Å². The molecule has 0 saturated carbocycles. The molecule has 0 aliphatic carbocycles. The number of para-hydroxylation sites is 1. The third kappa shape index (κ3) is 2.59. The third-order valence-electron chi connectivity index (χ3n) is 4.60. The number of carbonyl (C=O) groups excluding carboxylic acids is 1. The van der Waals surface area contributed by atoms with Crippen molar-refractivity contribution < 1.29 is 24.2 Å². The number of likely N-dealkylation sites (N-methyl/N-ethyl adjacent to an activating group) is 1. The lowest BCUT2D eigenvalue weighted by Crippen LogP contribution is -2.42. The van der Waals surface area contributed by atoms with Crippen LogP contribution in [-0.2, 0) is 4.79 Å². The van der Waals surface area contributed by atoms with Gasteiger partial charge >= 0.3 is 5.97 Å². The van der Waals surface area contributed by atoms with Crippen molar-refractivity contribution in [1.82, 2.24) is 4.90 Å². The summed E-state index contributed by atoms with van der Waals surface area (Å²) in [6.07, 6.45) is 0. The number of aliphatic carboxylic acids is 1. The van der Waals surface area contributed by atoms with E-state index in [1.807, 2.05) is 0 Å². The van der Waals surface area contributed by atoms with Crippen LogP contribution in [0.3, 0.4) is 0 Å². The summed E-state index contributed by atoms with van der Waals surface area (Å²) in [6, 6.07) is 11.4. The highest BCUT2D eigenvalue weighted by Gasteiger charge is 2.44. The van der Waals surface area contributed by atoms with Gasteiger partial charge in [-0.05, 0) is 17.7 Å². The lowest BCUT2D eigenvalue weighted by molar-refractivity contribution is -0.140. The Hall–Kier alpha value is -3.02. The standard InChI is InChI=1S/C19H19NO5/c1-20-16(13-9-6-10-14(24-2)17(13)25-3)15(19(22)23)11-7-4-5-8-12(11)18(20)21/h4-10,15-16H,1-3H3,(H,22,23)/t15-,16+/m0/s1. The van der Waals surface area contributed by atoms with E-state index in [1.165, 1.54) is 19.1 Å². The fourth-order valence-electron chi connectivity index (χ4n) is 3.47. The van der Waals surface area contributed by atoms with Crippen molar-refractivity contribution in [1.29, 1.82) is 0 Å². The monoisotopic (exact) mass is 341 g/mol. The Balaban J connectivity index is 2.25. The van der Waals surface area contributed by atoms with Crippen molar-refractivity contribution in [2.75, 3.05) is 21.3 Å². The topological polar surface area (TPSA) is 76.1 Å². The molecule has 1 N–H and O–H groups in total. The molecule has 2 aromatic carbocycles. The smallest absolute Gasteiger partial charge is 0.313 e. The molecule has 0 fully saturated rings. The van der Waals surface area contributed by atoms with Crippen molar-refractivity contribution in [2.24, 2.45) is 0 Å². The summed E-state index contributed by atoms with van der Waals surface area (Å²) in [5.74, 6) is -1.20. The number of rotatable bonds is 4. The predicted molar refractivity (Wildman–Crippen MR) is 91.2 cm³/mol. The average molecular weight is 341 g/mol. The lowest BCUT2D eigenvalue weighted by atomic mass is 9.79. The zero-order chi connectivity index (χ0) is 18.1. The number of nitrogens with zero attached hydrogens (tertiary/aromatic N) is 1. The molecular weight excluding hydrogens is 322 g/mol. The van der Waals surface area contributed by atoms with Crippen LogP contribution in [0.15, 0.2) is 42.5 Å². The van der Waals surface area contributed by atoms with Gasteiger partial charge < -0.3 is 19.5 Å². The molecule has 2 atom stereocenters. The molecule has 130 valence electrons. The van der Waals surface area contributed by atoms with Crippen molar-refractivity contribution in [3.8, 4) is 11.5 Å². The van der Waals surface area contributed by atoms with Crippen molar-refractivity contribution >= 4 is 11.9 Å². The molecule has 25 heavy (non-hydrogen) atoms. The molecule has 1 amide bonds. The van der Waals surface area contributed by atoms with Gasteiger partial charge in [-0.2, -0.15) is 0 Å². The fraction of sp³-hybridized carbons (Fsp3) is 0.263. The van der Waals surface area contributed by atoms with E-state index in [2.05, 4.69) is 0 Å². The Bertz CT molecular complexity index is 832. The number of benzene rings is 2. The van der Waals surface area contributed by atoms with Crippen molar-refractivity contribution in [3.63, 3.8) is 0 Å². The highest BCUT2D eigenvalue weighted by molar-refractivity contribution is 6.00. The van der Waals surface area contributed by atoms with Crippen LogP contribution >= 0.6 is 0 Å². The van der Waals surface area contributed by atoms with Crippen molar-refractivity contribution in [3.05, 3.63) is 59.2 Å². The van der Waals surface area contributed by atoms with E-state index < -0.39 is 17.9 Å². The van der Waals surface area contributed by atoms with E-state index in [4.69, 9.17) is 9.47 Å². The summed E-state index contributed by atoms with van der Waals surface area (Å²) in [5.41, 5.74) is 1.52. The van der Waals surface area contributed by atoms with Gasteiger partial charge in [0, 0.05) is 18.2 Å². The molecule has 2 aromatic rings. The van der Waals surface area contributed by atoms with Gasteiger partial charge in [0.15, 0.2) is 11.5 Å². The number of carboxylic acids is 1. The van der Waals surface area contributed by atoms with Gasteiger partial charge in [-0.1, -0.05) is 30.3 Å². The van der Waals surface area contributed by atoms with Crippen LogP contribution in [0.5, 0.6) is 11.5 Å². The average Bonchev–Trinajstić information content (AvgIpc) is 2.63. The largest absolute Gasteiger partial charge is 0.493 e. The van der Waals surface area contributed by atoms with Crippen molar-refractivity contribution in [2.45, 2.75) is 12.0 Å². The number of hydrogen-bond acceptors (Lipinski definition) is 4. The second-order valence-corrected chi connectivity index (χ2v) is 5.85. The zero-order valence-corrected chi connectivity index (χ0v) is 14.2. The second-order valence-electron chi connectivity index (χ2n) is 5.85. The molecule has 1 heterocycles. The van der Waals surface area contributed by atoms with E-state index in [0.717, 1.165) is 0 Å². The van der Waals surface area contributed by atoms with Crippen LogP contribution in [-0.4, -0.2) is 43.2 Å². The molecule has 0 spiro atoms. The van der Waals surface area contributed by atoms with E-state index in [9.17, 15) is 14.7 Å². The van der Waals surface area contributed by atoms with Gasteiger partial charge in [0.2, 0.25) is 0 Å². The Morgan fingerprint density at radius 2 is 1.72 bits per heavy atom. The maximum absolute atomic E-state index is 12.8. The fourth-order valence-corrected chi connectivity index (χ4v) is 3.47. The Morgan fingerprint density at radius 3 is 2.36 bits per heavy atom. The maximum atomic E-state index is 12.8. The number of fused-ring (bicyclic) bond motifs is 1. The normalized spacial score (nSPS) is 19.3. The summed E-state index contributed by atoms with van der Waals surface area (Å²) in [5, 5.41) is 9.90. The van der Waals surface area contributed by atoms with Crippen LogP contribution in [0.2, 0.25) is 0 Å². The molecule has 0 unspecified atom stereocenters. The molecule has 1 aliphatic rings. The molecule has 0 bridgehead atoms. The first kappa shape index (κ1) is 16.8. The summed E-state index contributed by atoms with van der Waals surface area (Å²) in [4.78, 5) is 26.3. The highest BCUT2D eigenvalue weighted by atomic mass is 16.5. The number of carboxylic acid groups (broad SMARTS) is 1. The summed E-state index contributed by atoms with van der Waals surface area (Å²) >= 11 is 0. The van der Waals surface area contributed by atoms with E-state index in [1.54, 1.807) is 49.5 Å². The van der Waals surface area contributed by atoms with E-state index in [-0.39, 0.29) is 5.91 Å². The van der Waals surface area contributed by atoms with Gasteiger partial charge in [0.05, 0.1) is 20.3 Å². The maximum Gasteiger partial charge on any atom is 0.313 e. The van der Waals surface area contributed by atoms with Crippen LogP contribution < -0.4 is 9.47 Å². The quantitative estimate of drug-likeness (QED) is 0.925. The molecule has 0 saturated heterocycles. The second kappa shape index (κ2) is 6.47. The van der Waals surface area contributed by atoms with E-state index in [0.29, 0.717) is 28.2 Å². The highest BCUT2D eigenvalue weighted by Crippen LogP contribution is 2.46. The van der Waals surface area contributed by atoms with Crippen LogP contribution in [0, 0.1) is 0 Å². The summed E-state index contributed by atoms with van der Waals surface area (Å²) in [6.45, 7) is 0. The Kier molecular flexibility index (Phi) is 4.35. The minimum atomic E-state index is -0.998. The number of amides is 1. The van der Waals surface area contributed by atoms with Crippen LogP contribution in [0.25, 0.3) is 0 Å². The predicted octanol–water partition coefficient (Wildman–Crippen LogP) is 2.70. The minimum Gasteiger partial charge on any atom is -0.493 e. The molecule has 0 aromatic heterocycles. The molecule has 3 rings (SSSR count). The Morgan fingerprint density at radius 1 is 1.04 bits per heavy atom. The summed E-state index contributed by atoms with van der Waals surface area (Å²) < 4.78 is 10.8. The molecule has 6 heteroatoms. The zero-order valence-electron chi connectivity index (χ0n) is 14.2. The molecule has 1 aliphatic heterocycles. The third-order valence-corrected chi connectivity index (χ3v) is 4.60. The molecular formula is C19H19NO5. The van der Waals surface area contributed by atoms with Gasteiger partial charge in [-0.3, -0.25) is 9.59 Å². The summed E-state index contributed by atoms with van der Waals surface area (Å²) in [7, 11) is 4.62. The molecule has 6 nitrogen and oxygen atoms in total. The SMILES string of the molecule is COc1cccc([C@@H]2[C@@H](C(=O)O)c3ccccc3C(=O)N2C)c1OC. The lowest BCUT2D eigenvalue weighted by Gasteiger charge is -2.39. The van der Waals surface area contributed by atoms with Gasteiger partial charge in [-0.15, -0.1) is 0 Å². The van der Waals surface area contributed by atoms with Gasteiger partial charge in [0.1, 0.15) is 5.92 Å². The first-order valence-corrected chi connectivity index (χ1v) is 7.81. The minimum absolute atomic E-state index is 0.219. The first-order chi connectivity index (χ1) is 12.0. The number of hydrogen-bond donors (Lipinski definition) is 1. The number of methoxy groups -OCH3 is 2. The number of carbonyl (C=O) groups is 2. The van der Waals surface area contributed by atoms with Gasteiger partial charge in [0.25, 0.3) is 5.91 Å². The Labute approximate surface area is 145 Å². The first-order valence-electron chi connectivity index (χ1n) is 7.81. The number of ether oxygens (including phenoxy) is 2. The van der Waals surface area contributed by atoms with Crippen LogP contribution in [0.4, 0.5) is 0 Å². The van der Waals surface area contributed by atoms with Crippen LogP contribution in [0.1, 0.15) is 33.4 Å². The van der Waals surface area contributed by atoms with Gasteiger partial charge in [-0.25, -0.2) is 0 Å².